The highest BCUT2D eigenvalue weighted by Crippen LogP contribution is 2.24. The average molecular weight is 388 g/mol. The van der Waals surface area contributed by atoms with E-state index in [0.717, 1.165) is 24.0 Å². The third kappa shape index (κ3) is 4.46. The highest BCUT2D eigenvalue weighted by atomic mass is 79.9. The van der Waals surface area contributed by atoms with Gasteiger partial charge in [0.1, 0.15) is 0 Å². The predicted molar refractivity (Wildman–Crippen MR) is 99.3 cm³/mol. The van der Waals surface area contributed by atoms with Crippen molar-refractivity contribution in [2.24, 2.45) is 0 Å². The first-order valence-electron chi connectivity index (χ1n) is 8.42. The van der Waals surface area contributed by atoms with Gasteiger partial charge < -0.3 is 5.11 Å². The van der Waals surface area contributed by atoms with Gasteiger partial charge in [-0.25, -0.2) is 4.79 Å². The van der Waals surface area contributed by atoms with Gasteiger partial charge in [-0.05, 0) is 61.2 Å². The van der Waals surface area contributed by atoms with Crippen LogP contribution in [0, 0.1) is 0 Å². The fourth-order valence-electron chi connectivity index (χ4n) is 3.42. The lowest BCUT2D eigenvalue weighted by atomic mass is 9.95. The minimum atomic E-state index is -0.868. The Balaban J connectivity index is 1.69. The number of piperidine rings is 1. The van der Waals surface area contributed by atoms with Crippen LogP contribution in [0.5, 0.6) is 0 Å². The van der Waals surface area contributed by atoms with Crippen LogP contribution >= 0.6 is 15.9 Å². The fourth-order valence-corrected chi connectivity index (χ4v) is 3.87. The van der Waals surface area contributed by atoms with Crippen LogP contribution in [0.4, 0.5) is 0 Å². The molecular weight excluding hydrogens is 366 g/mol. The Labute approximate surface area is 151 Å². The maximum absolute atomic E-state index is 11.0. The Kier molecular flexibility index (Phi) is 5.69. The number of carboxylic acid groups (broad SMARTS) is 1. The van der Waals surface area contributed by atoms with E-state index in [9.17, 15) is 4.79 Å². The molecule has 3 nitrogen and oxygen atoms in total. The summed E-state index contributed by atoms with van der Waals surface area (Å²) in [6, 6.07) is 16.4. The van der Waals surface area contributed by atoms with Gasteiger partial charge in [-0.15, -0.1) is 0 Å². The molecule has 3 rings (SSSR count). The Morgan fingerprint density at radius 3 is 2.62 bits per heavy atom. The van der Waals surface area contributed by atoms with Crippen LogP contribution in [0.3, 0.4) is 0 Å². The number of carboxylic acids is 1. The van der Waals surface area contributed by atoms with Crippen molar-refractivity contribution in [3.05, 3.63) is 69.7 Å². The van der Waals surface area contributed by atoms with Gasteiger partial charge in [0.25, 0.3) is 0 Å². The van der Waals surface area contributed by atoms with Crippen molar-refractivity contribution in [1.82, 2.24) is 4.90 Å². The monoisotopic (exact) mass is 387 g/mol. The second-order valence-electron chi connectivity index (χ2n) is 6.46. The van der Waals surface area contributed by atoms with E-state index in [-0.39, 0.29) is 0 Å². The Hall–Kier alpha value is -1.65. The summed E-state index contributed by atoms with van der Waals surface area (Å²) in [4.78, 5) is 13.5. The predicted octanol–water partition coefficient (Wildman–Crippen LogP) is 4.74. The molecule has 126 valence electrons. The molecule has 0 amide bonds. The molecule has 1 N–H and O–H groups in total. The topological polar surface area (TPSA) is 40.5 Å². The van der Waals surface area contributed by atoms with Gasteiger partial charge in [-0.2, -0.15) is 0 Å². The van der Waals surface area contributed by atoms with E-state index >= 15 is 0 Å². The summed E-state index contributed by atoms with van der Waals surface area (Å²) < 4.78 is 1.13. The molecule has 1 fully saturated rings. The van der Waals surface area contributed by atoms with Gasteiger partial charge >= 0.3 is 5.97 Å². The van der Waals surface area contributed by atoms with E-state index in [4.69, 9.17) is 5.11 Å². The van der Waals surface area contributed by atoms with Crippen molar-refractivity contribution in [2.45, 2.75) is 38.3 Å². The normalized spacial score (nSPS) is 18.5. The van der Waals surface area contributed by atoms with Gasteiger partial charge in [0, 0.05) is 17.1 Å². The molecule has 24 heavy (non-hydrogen) atoms. The van der Waals surface area contributed by atoms with Crippen LogP contribution in [-0.4, -0.2) is 28.6 Å². The number of likely N-dealkylation sites (tertiary alicyclic amines) is 1. The standard InChI is InChI=1S/C20H22BrNO2/c21-18-5-3-4-16(12-18)13-19-6-1-2-11-22(19)14-15-7-9-17(10-8-15)20(23)24/h3-5,7-10,12,19H,1-2,6,11,13-14H2,(H,23,24). The van der Waals surface area contributed by atoms with E-state index in [1.807, 2.05) is 12.1 Å². The number of halogens is 1. The summed E-state index contributed by atoms with van der Waals surface area (Å²) >= 11 is 3.55. The molecule has 1 atom stereocenters. The van der Waals surface area contributed by atoms with Gasteiger partial charge in [0.2, 0.25) is 0 Å². The van der Waals surface area contributed by atoms with Crippen LogP contribution in [-0.2, 0) is 13.0 Å². The van der Waals surface area contributed by atoms with E-state index < -0.39 is 5.97 Å². The molecule has 1 aliphatic heterocycles. The molecule has 0 aliphatic carbocycles. The molecule has 2 aromatic carbocycles. The van der Waals surface area contributed by atoms with Crippen LogP contribution in [0.15, 0.2) is 53.0 Å². The third-order valence-electron chi connectivity index (χ3n) is 4.70. The lowest BCUT2D eigenvalue weighted by molar-refractivity contribution is 0.0697. The maximum Gasteiger partial charge on any atom is 0.335 e. The summed E-state index contributed by atoms with van der Waals surface area (Å²) in [6.45, 7) is 2.00. The number of nitrogens with zero attached hydrogens (tertiary/aromatic N) is 1. The molecule has 0 radical (unpaired) electrons. The number of aromatic carboxylic acids is 1. The molecule has 1 saturated heterocycles. The Bertz CT molecular complexity index is 699. The Morgan fingerprint density at radius 1 is 1.12 bits per heavy atom. The Morgan fingerprint density at radius 2 is 1.92 bits per heavy atom. The van der Waals surface area contributed by atoms with Crippen molar-refractivity contribution in [1.29, 1.82) is 0 Å². The van der Waals surface area contributed by atoms with E-state index in [0.29, 0.717) is 11.6 Å². The van der Waals surface area contributed by atoms with Crippen LogP contribution in [0.1, 0.15) is 40.7 Å². The van der Waals surface area contributed by atoms with E-state index in [1.165, 1.54) is 30.4 Å². The molecule has 0 bridgehead atoms. The molecule has 0 spiro atoms. The first-order valence-corrected chi connectivity index (χ1v) is 9.22. The molecule has 0 saturated carbocycles. The lowest BCUT2D eigenvalue weighted by Gasteiger charge is -2.36. The van der Waals surface area contributed by atoms with Crippen molar-refractivity contribution >= 4 is 21.9 Å². The van der Waals surface area contributed by atoms with Crippen molar-refractivity contribution in [3.8, 4) is 0 Å². The largest absolute Gasteiger partial charge is 0.478 e. The smallest absolute Gasteiger partial charge is 0.335 e. The summed E-state index contributed by atoms with van der Waals surface area (Å²) in [6.07, 6.45) is 4.81. The summed E-state index contributed by atoms with van der Waals surface area (Å²) in [7, 11) is 0. The molecule has 0 aromatic heterocycles. The number of benzene rings is 2. The zero-order valence-electron chi connectivity index (χ0n) is 13.6. The quantitative estimate of drug-likeness (QED) is 0.804. The SMILES string of the molecule is O=C(O)c1ccc(CN2CCCCC2Cc2cccc(Br)c2)cc1. The molecule has 4 heteroatoms. The highest BCUT2D eigenvalue weighted by Gasteiger charge is 2.22. The van der Waals surface area contributed by atoms with E-state index in [1.54, 1.807) is 12.1 Å². The molecule has 1 heterocycles. The summed E-state index contributed by atoms with van der Waals surface area (Å²) in [5, 5.41) is 9.01. The molecule has 2 aromatic rings. The second-order valence-corrected chi connectivity index (χ2v) is 7.37. The highest BCUT2D eigenvalue weighted by molar-refractivity contribution is 9.10. The van der Waals surface area contributed by atoms with Gasteiger partial charge in [0.05, 0.1) is 5.56 Å². The number of hydrogen-bond acceptors (Lipinski definition) is 2. The number of carbonyl (C=O) groups is 1. The zero-order valence-corrected chi connectivity index (χ0v) is 15.2. The first kappa shape index (κ1) is 17.2. The van der Waals surface area contributed by atoms with Gasteiger partial charge in [-0.3, -0.25) is 4.90 Å². The number of hydrogen-bond donors (Lipinski definition) is 1. The molecule has 1 unspecified atom stereocenters. The minimum Gasteiger partial charge on any atom is -0.478 e. The van der Waals surface area contributed by atoms with E-state index in [2.05, 4.69) is 45.1 Å². The first-order chi connectivity index (χ1) is 11.6. The maximum atomic E-state index is 11.0. The minimum absolute atomic E-state index is 0.350. The summed E-state index contributed by atoms with van der Waals surface area (Å²) in [5.41, 5.74) is 2.90. The third-order valence-corrected chi connectivity index (χ3v) is 5.19. The van der Waals surface area contributed by atoms with Crippen LogP contribution < -0.4 is 0 Å². The van der Waals surface area contributed by atoms with Crippen LogP contribution in [0.25, 0.3) is 0 Å². The van der Waals surface area contributed by atoms with Crippen LogP contribution in [0.2, 0.25) is 0 Å². The van der Waals surface area contributed by atoms with Gasteiger partial charge in [-0.1, -0.05) is 46.6 Å². The van der Waals surface area contributed by atoms with Crippen molar-refractivity contribution < 1.29 is 9.90 Å². The molecule has 1 aliphatic rings. The van der Waals surface area contributed by atoms with Crippen molar-refractivity contribution in [2.75, 3.05) is 6.54 Å². The second kappa shape index (κ2) is 7.95. The zero-order chi connectivity index (χ0) is 16.9. The van der Waals surface area contributed by atoms with Gasteiger partial charge in [0.15, 0.2) is 0 Å². The molecular formula is C20H22BrNO2. The average Bonchev–Trinajstić information content (AvgIpc) is 2.57. The fraction of sp³-hybridized carbons (Fsp3) is 0.350. The summed E-state index contributed by atoms with van der Waals surface area (Å²) in [5.74, 6) is -0.868. The number of rotatable bonds is 5. The lowest BCUT2D eigenvalue weighted by Crippen LogP contribution is -2.40. The van der Waals surface area contributed by atoms with Crippen molar-refractivity contribution in [3.63, 3.8) is 0 Å².